The number of halogens is 7. The van der Waals surface area contributed by atoms with Crippen molar-refractivity contribution in [1.29, 1.82) is 0 Å². The quantitative estimate of drug-likeness (QED) is 0.602. The Morgan fingerprint density at radius 2 is 1.61 bits per heavy atom. The molecule has 0 radical (unpaired) electrons. The second-order valence-corrected chi connectivity index (χ2v) is 6.18. The van der Waals surface area contributed by atoms with Gasteiger partial charge in [0.15, 0.2) is 23.1 Å². The minimum absolute atomic E-state index is 0.307. The molecule has 1 aliphatic heterocycles. The standard InChI is InChI=1S/C17H8F7NO3/c18-7-4-9-8(25-16(26)17(23,24)28-9)3-6(7)10-11(19)13(21)15(14(22)12(10)20)27-5-1-2-5/h3-5H,1-2H2,(H,25,26). The Labute approximate surface area is 151 Å². The summed E-state index contributed by atoms with van der Waals surface area (Å²) in [6.45, 7) is 0. The Kier molecular flexibility index (Phi) is 3.95. The van der Waals surface area contributed by atoms with Crippen LogP contribution in [-0.4, -0.2) is 18.1 Å². The van der Waals surface area contributed by atoms with Gasteiger partial charge < -0.3 is 14.8 Å². The third-order valence-corrected chi connectivity index (χ3v) is 4.12. The number of fused-ring (bicyclic) bond motifs is 1. The van der Waals surface area contributed by atoms with Crippen LogP contribution < -0.4 is 14.8 Å². The normalized spacial score (nSPS) is 17.6. The maximum absolute atomic E-state index is 14.4. The van der Waals surface area contributed by atoms with E-state index in [4.69, 9.17) is 4.74 Å². The molecule has 4 nitrogen and oxygen atoms in total. The minimum atomic E-state index is -4.29. The summed E-state index contributed by atoms with van der Waals surface area (Å²) >= 11 is 0. The largest absolute Gasteiger partial charge is 0.484 e. The molecule has 4 rings (SSSR count). The molecule has 0 spiro atoms. The van der Waals surface area contributed by atoms with Gasteiger partial charge in [0.05, 0.1) is 17.4 Å². The van der Waals surface area contributed by atoms with Crippen LogP contribution in [0.3, 0.4) is 0 Å². The summed E-state index contributed by atoms with van der Waals surface area (Å²) in [5.74, 6) is -13.2. The van der Waals surface area contributed by atoms with E-state index >= 15 is 0 Å². The molecule has 0 aromatic heterocycles. The average molecular weight is 407 g/mol. The van der Waals surface area contributed by atoms with Gasteiger partial charge in [-0.15, -0.1) is 0 Å². The summed E-state index contributed by atoms with van der Waals surface area (Å²) < 4.78 is 107. The van der Waals surface area contributed by atoms with Crippen LogP contribution in [0.5, 0.6) is 11.5 Å². The molecule has 1 fully saturated rings. The molecule has 2 aliphatic rings. The molecule has 1 aliphatic carbocycles. The number of nitrogens with one attached hydrogen (secondary N) is 1. The van der Waals surface area contributed by atoms with E-state index in [1.807, 2.05) is 0 Å². The SMILES string of the molecule is O=C1Nc2cc(-c3c(F)c(F)c(OC4CC4)c(F)c3F)c(F)cc2OC1(F)F. The number of rotatable bonds is 3. The van der Waals surface area contributed by atoms with E-state index in [2.05, 4.69) is 4.74 Å². The van der Waals surface area contributed by atoms with Gasteiger partial charge in [0, 0.05) is 11.6 Å². The molecular formula is C17H8F7NO3. The number of benzene rings is 2. The lowest BCUT2D eigenvalue weighted by molar-refractivity contribution is -0.189. The lowest BCUT2D eigenvalue weighted by Crippen LogP contribution is -2.43. The molecule has 1 heterocycles. The lowest BCUT2D eigenvalue weighted by atomic mass is 10.0. The maximum Gasteiger partial charge on any atom is 0.482 e. The molecule has 1 amide bonds. The fourth-order valence-electron chi connectivity index (χ4n) is 2.61. The topological polar surface area (TPSA) is 47.6 Å². The van der Waals surface area contributed by atoms with Crippen molar-refractivity contribution in [1.82, 2.24) is 0 Å². The van der Waals surface area contributed by atoms with Crippen molar-refractivity contribution in [3.8, 4) is 22.6 Å². The van der Waals surface area contributed by atoms with Crippen molar-refractivity contribution in [2.45, 2.75) is 25.1 Å². The highest BCUT2D eigenvalue weighted by atomic mass is 19.3. The van der Waals surface area contributed by atoms with Gasteiger partial charge in [-0.2, -0.15) is 17.6 Å². The van der Waals surface area contributed by atoms with Gasteiger partial charge in [-0.25, -0.2) is 13.2 Å². The maximum atomic E-state index is 14.4. The van der Waals surface area contributed by atoms with E-state index in [1.54, 1.807) is 5.32 Å². The molecule has 0 atom stereocenters. The number of alkyl halides is 2. The predicted octanol–water partition coefficient (Wildman–Crippen LogP) is 4.51. The highest BCUT2D eigenvalue weighted by molar-refractivity contribution is 5.99. The van der Waals surface area contributed by atoms with E-state index in [0.717, 1.165) is 0 Å². The fraction of sp³-hybridized carbons (Fsp3) is 0.235. The average Bonchev–Trinajstić information content (AvgIpc) is 3.43. The van der Waals surface area contributed by atoms with E-state index in [1.165, 1.54) is 0 Å². The third kappa shape index (κ3) is 2.81. The van der Waals surface area contributed by atoms with Crippen molar-refractivity contribution in [2.75, 3.05) is 5.32 Å². The van der Waals surface area contributed by atoms with Crippen molar-refractivity contribution in [3.05, 3.63) is 41.2 Å². The van der Waals surface area contributed by atoms with Gasteiger partial charge in [0.2, 0.25) is 11.6 Å². The highest BCUT2D eigenvalue weighted by Gasteiger charge is 2.46. The van der Waals surface area contributed by atoms with Gasteiger partial charge >= 0.3 is 12.0 Å². The number of anilines is 1. The van der Waals surface area contributed by atoms with E-state index in [0.29, 0.717) is 25.0 Å². The smallest absolute Gasteiger partial charge is 0.482 e. The van der Waals surface area contributed by atoms with Gasteiger partial charge in [-0.3, -0.25) is 4.79 Å². The van der Waals surface area contributed by atoms with E-state index < -0.39 is 75.5 Å². The summed E-state index contributed by atoms with van der Waals surface area (Å²) in [6.07, 6.45) is -3.97. The highest BCUT2D eigenvalue weighted by Crippen LogP contribution is 2.43. The lowest BCUT2D eigenvalue weighted by Gasteiger charge is -2.25. The first-order chi connectivity index (χ1) is 13.1. The Bertz CT molecular complexity index is 992. The zero-order chi connectivity index (χ0) is 20.4. The first kappa shape index (κ1) is 18.4. The van der Waals surface area contributed by atoms with Crippen LogP contribution in [0.2, 0.25) is 0 Å². The van der Waals surface area contributed by atoms with Gasteiger partial charge in [0.1, 0.15) is 5.82 Å². The van der Waals surface area contributed by atoms with Gasteiger partial charge in [-0.05, 0) is 18.9 Å². The molecule has 28 heavy (non-hydrogen) atoms. The molecule has 0 unspecified atom stereocenters. The second kappa shape index (κ2) is 6.01. The summed E-state index contributed by atoms with van der Waals surface area (Å²) in [5, 5.41) is 1.66. The van der Waals surface area contributed by atoms with Crippen molar-refractivity contribution in [3.63, 3.8) is 0 Å². The zero-order valence-electron chi connectivity index (χ0n) is 13.5. The molecule has 148 valence electrons. The van der Waals surface area contributed by atoms with Crippen LogP contribution in [0.1, 0.15) is 12.8 Å². The number of carbonyl (C=O) groups is 1. The molecule has 1 N–H and O–H groups in total. The first-order valence-electron chi connectivity index (χ1n) is 7.85. The third-order valence-electron chi connectivity index (χ3n) is 4.12. The van der Waals surface area contributed by atoms with Gasteiger partial charge in [-0.1, -0.05) is 0 Å². The predicted molar refractivity (Wildman–Crippen MR) is 79.5 cm³/mol. The number of hydrogen-bond acceptors (Lipinski definition) is 3. The fourth-order valence-corrected chi connectivity index (χ4v) is 2.61. The van der Waals surface area contributed by atoms with Crippen LogP contribution >= 0.6 is 0 Å². The molecule has 1 saturated carbocycles. The number of hydrogen-bond donors (Lipinski definition) is 1. The number of amides is 1. The van der Waals surface area contributed by atoms with Crippen molar-refractivity contribution >= 4 is 11.6 Å². The molecule has 2 aromatic carbocycles. The van der Waals surface area contributed by atoms with E-state index in [-0.39, 0.29) is 0 Å². The zero-order valence-corrected chi connectivity index (χ0v) is 13.5. The van der Waals surface area contributed by atoms with Crippen LogP contribution in [0, 0.1) is 29.1 Å². The summed E-state index contributed by atoms with van der Waals surface area (Å²) in [7, 11) is 0. The Hall–Kier alpha value is -2.98. The monoisotopic (exact) mass is 407 g/mol. The van der Waals surface area contributed by atoms with Crippen LogP contribution in [0.25, 0.3) is 11.1 Å². The Morgan fingerprint density at radius 1 is 1.00 bits per heavy atom. The minimum Gasteiger partial charge on any atom is -0.484 e. The van der Waals surface area contributed by atoms with Crippen molar-refractivity contribution in [2.24, 2.45) is 0 Å². The summed E-state index contributed by atoms with van der Waals surface area (Å²) in [5.41, 5.74) is -3.01. The molecule has 11 heteroatoms. The van der Waals surface area contributed by atoms with Crippen LogP contribution in [0.4, 0.5) is 36.4 Å². The molecule has 0 saturated heterocycles. The second-order valence-electron chi connectivity index (χ2n) is 6.18. The number of ether oxygens (including phenoxy) is 2. The number of carbonyl (C=O) groups excluding carboxylic acids is 1. The van der Waals surface area contributed by atoms with Crippen molar-refractivity contribution < 1.29 is 45.0 Å². The molecule has 2 aromatic rings. The summed E-state index contributed by atoms with van der Waals surface area (Å²) in [4.78, 5) is 11.2. The van der Waals surface area contributed by atoms with Crippen LogP contribution in [-0.2, 0) is 4.79 Å². The van der Waals surface area contributed by atoms with Crippen LogP contribution in [0.15, 0.2) is 12.1 Å². The molecular weight excluding hydrogens is 399 g/mol. The summed E-state index contributed by atoms with van der Waals surface area (Å²) in [6, 6.07) is 0.834. The van der Waals surface area contributed by atoms with Gasteiger partial charge in [0.25, 0.3) is 0 Å². The Balaban J connectivity index is 1.86. The van der Waals surface area contributed by atoms with E-state index in [9.17, 15) is 35.5 Å². The first-order valence-corrected chi connectivity index (χ1v) is 7.85. The Morgan fingerprint density at radius 3 is 2.18 bits per heavy atom. The molecule has 0 bridgehead atoms.